The van der Waals surface area contributed by atoms with Gasteiger partial charge in [-0.1, -0.05) is 0 Å². The van der Waals surface area contributed by atoms with Crippen LogP contribution in [-0.4, -0.2) is 33.0 Å². The van der Waals surface area contributed by atoms with Crippen LogP contribution < -0.4 is 10.1 Å². The van der Waals surface area contributed by atoms with Crippen LogP contribution >= 0.6 is 0 Å². The Morgan fingerprint density at radius 3 is 2.69 bits per heavy atom. The Bertz CT molecular complexity index is 1150. The number of carbonyl (C=O) groups excluding carboxylic acids is 1. The first-order valence-corrected chi connectivity index (χ1v) is 8.45. The van der Waals surface area contributed by atoms with Crippen LogP contribution in [0.2, 0.25) is 0 Å². The molecule has 4 aromatic heterocycles. The Kier molecular flexibility index (Phi) is 4.93. The number of pyridine rings is 2. The zero-order valence-corrected chi connectivity index (χ0v) is 15.2. The molecular formula is C20H14FN5O3. The van der Waals surface area contributed by atoms with E-state index in [2.05, 4.69) is 25.3 Å². The van der Waals surface area contributed by atoms with Gasteiger partial charge in [-0.25, -0.2) is 14.4 Å². The number of ether oxygens (including phenoxy) is 1. The minimum absolute atomic E-state index is 0.135. The monoisotopic (exact) mass is 391 g/mol. The van der Waals surface area contributed by atoms with Crippen molar-refractivity contribution in [2.24, 2.45) is 0 Å². The first-order valence-electron chi connectivity index (χ1n) is 8.45. The molecule has 0 atom stereocenters. The van der Waals surface area contributed by atoms with E-state index in [4.69, 9.17) is 9.15 Å². The van der Waals surface area contributed by atoms with E-state index in [1.165, 1.54) is 31.8 Å². The molecule has 9 heteroatoms. The SMILES string of the molecule is COc1ncc(-c2ccoc2)cc1-c1cnc(NC(=O)c2ccncc2F)cn1. The van der Waals surface area contributed by atoms with Crippen LogP contribution in [0, 0.1) is 5.82 Å². The Morgan fingerprint density at radius 2 is 2.00 bits per heavy atom. The molecule has 29 heavy (non-hydrogen) atoms. The lowest BCUT2D eigenvalue weighted by Gasteiger charge is -2.09. The number of halogens is 1. The molecule has 0 saturated carbocycles. The molecule has 144 valence electrons. The van der Waals surface area contributed by atoms with Crippen molar-refractivity contribution < 1.29 is 18.3 Å². The standard InChI is InChI=1S/C20H14FN5O3/c1-28-20-15(6-13(7-25-20)12-3-5-29-11-12)17-9-24-18(10-23-17)26-19(27)14-2-4-22-8-16(14)21/h2-11H,1H3,(H,24,26,27). The van der Waals surface area contributed by atoms with Crippen molar-refractivity contribution in [3.05, 3.63) is 73.1 Å². The van der Waals surface area contributed by atoms with E-state index in [0.717, 1.165) is 17.3 Å². The van der Waals surface area contributed by atoms with Crippen molar-refractivity contribution in [1.82, 2.24) is 19.9 Å². The molecule has 0 saturated heterocycles. The van der Waals surface area contributed by atoms with Crippen LogP contribution in [0.3, 0.4) is 0 Å². The minimum atomic E-state index is -0.721. The van der Waals surface area contributed by atoms with Gasteiger partial charge in [-0.15, -0.1) is 0 Å². The van der Waals surface area contributed by atoms with Crippen molar-refractivity contribution in [3.63, 3.8) is 0 Å². The number of anilines is 1. The fraction of sp³-hybridized carbons (Fsp3) is 0.0500. The van der Waals surface area contributed by atoms with Gasteiger partial charge >= 0.3 is 0 Å². The molecule has 0 unspecified atom stereocenters. The summed E-state index contributed by atoms with van der Waals surface area (Å²) in [4.78, 5) is 28.6. The molecule has 4 rings (SSSR count). The molecule has 0 fully saturated rings. The molecule has 0 aromatic carbocycles. The van der Waals surface area contributed by atoms with Crippen LogP contribution in [0.25, 0.3) is 22.4 Å². The second-order valence-electron chi connectivity index (χ2n) is 5.89. The number of furan rings is 1. The third-order valence-corrected chi connectivity index (χ3v) is 4.09. The molecule has 0 spiro atoms. The number of methoxy groups -OCH3 is 1. The van der Waals surface area contributed by atoms with Gasteiger partial charge in [0.05, 0.1) is 55.0 Å². The number of amides is 1. The van der Waals surface area contributed by atoms with Crippen LogP contribution in [0.15, 0.2) is 66.1 Å². The van der Waals surface area contributed by atoms with E-state index >= 15 is 0 Å². The van der Waals surface area contributed by atoms with E-state index < -0.39 is 11.7 Å². The Hall–Kier alpha value is -4.14. The molecule has 1 amide bonds. The summed E-state index contributed by atoms with van der Waals surface area (Å²) in [5.74, 6) is -0.815. The molecule has 0 bridgehead atoms. The zero-order valence-electron chi connectivity index (χ0n) is 15.2. The molecule has 8 nitrogen and oxygen atoms in total. The summed E-state index contributed by atoms with van der Waals surface area (Å²) in [6.45, 7) is 0. The van der Waals surface area contributed by atoms with Gasteiger partial charge in [0.15, 0.2) is 11.6 Å². The second-order valence-corrected chi connectivity index (χ2v) is 5.89. The van der Waals surface area contributed by atoms with Gasteiger partial charge in [0.2, 0.25) is 5.88 Å². The van der Waals surface area contributed by atoms with Crippen molar-refractivity contribution in [2.45, 2.75) is 0 Å². The van der Waals surface area contributed by atoms with Crippen LogP contribution in [0.1, 0.15) is 10.4 Å². The number of aromatic nitrogens is 4. The summed E-state index contributed by atoms with van der Waals surface area (Å²) in [5.41, 5.74) is 2.66. The molecule has 4 heterocycles. The lowest BCUT2D eigenvalue weighted by Crippen LogP contribution is -2.15. The third kappa shape index (κ3) is 3.79. The van der Waals surface area contributed by atoms with Crippen LogP contribution in [-0.2, 0) is 0 Å². The number of hydrogen-bond acceptors (Lipinski definition) is 7. The van der Waals surface area contributed by atoms with E-state index in [9.17, 15) is 9.18 Å². The van der Waals surface area contributed by atoms with E-state index in [-0.39, 0.29) is 11.4 Å². The summed E-state index contributed by atoms with van der Waals surface area (Å²) in [5, 5.41) is 2.50. The van der Waals surface area contributed by atoms with E-state index in [0.29, 0.717) is 17.1 Å². The van der Waals surface area contributed by atoms with Gasteiger partial charge in [-0.05, 0) is 18.2 Å². The van der Waals surface area contributed by atoms with Gasteiger partial charge in [0.1, 0.15) is 0 Å². The van der Waals surface area contributed by atoms with E-state index in [1.54, 1.807) is 18.7 Å². The third-order valence-electron chi connectivity index (χ3n) is 4.09. The summed E-state index contributed by atoms with van der Waals surface area (Å²) >= 11 is 0. The number of rotatable bonds is 5. The second kappa shape index (κ2) is 7.85. The molecular weight excluding hydrogens is 377 g/mol. The topological polar surface area (TPSA) is 103 Å². The molecule has 0 aliphatic heterocycles. The first-order chi connectivity index (χ1) is 14.2. The fourth-order valence-corrected chi connectivity index (χ4v) is 2.66. The largest absolute Gasteiger partial charge is 0.481 e. The van der Waals surface area contributed by atoms with Gasteiger partial charge < -0.3 is 14.5 Å². The minimum Gasteiger partial charge on any atom is -0.481 e. The lowest BCUT2D eigenvalue weighted by molar-refractivity contribution is 0.102. The quantitative estimate of drug-likeness (QED) is 0.554. The molecule has 0 aliphatic rings. The highest BCUT2D eigenvalue weighted by molar-refractivity contribution is 6.03. The predicted molar refractivity (Wildman–Crippen MR) is 102 cm³/mol. The summed E-state index contributed by atoms with van der Waals surface area (Å²) in [6, 6.07) is 4.95. The average molecular weight is 391 g/mol. The van der Waals surface area contributed by atoms with Crippen molar-refractivity contribution in [3.8, 4) is 28.3 Å². The highest BCUT2D eigenvalue weighted by Gasteiger charge is 2.15. The Labute approximate surface area is 164 Å². The number of nitrogens with zero attached hydrogens (tertiary/aromatic N) is 4. The maximum atomic E-state index is 13.7. The van der Waals surface area contributed by atoms with Crippen LogP contribution in [0.4, 0.5) is 10.2 Å². The average Bonchev–Trinajstić information content (AvgIpc) is 3.29. The van der Waals surface area contributed by atoms with Gasteiger partial charge in [0.25, 0.3) is 5.91 Å². The van der Waals surface area contributed by atoms with Gasteiger partial charge in [0, 0.05) is 23.5 Å². The van der Waals surface area contributed by atoms with Crippen molar-refractivity contribution in [1.29, 1.82) is 0 Å². The van der Waals surface area contributed by atoms with Gasteiger partial charge in [-0.2, -0.15) is 0 Å². The number of nitrogens with one attached hydrogen (secondary N) is 1. The van der Waals surface area contributed by atoms with Crippen LogP contribution in [0.5, 0.6) is 5.88 Å². The first kappa shape index (κ1) is 18.2. The lowest BCUT2D eigenvalue weighted by atomic mass is 10.1. The number of hydrogen-bond donors (Lipinski definition) is 1. The summed E-state index contributed by atoms with van der Waals surface area (Å²) < 4.78 is 24.1. The van der Waals surface area contributed by atoms with E-state index in [1.807, 2.05) is 12.1 Å². The van der Waals surface area contributed by atoms with Gasteiger partial charge in [-0.3, -0.25) is 14.8 Å². The normalized spacial score (nSPS) is 10.6. The predicted octanol–water partition coefficient (Wildman–Crippen LogP) is 3.59. The fourth-order valence-electron chi connectivity index (χ4n) is 2.66. The molecule has 0 radical (unpaired) electrons. The highest BCUT2D eigenvalue weighted by Crippen LogP contribution is 2.31. The maximum absolute atomic E-state index is 13.7. The highest BCUT2D eigenvalue weighted by atomic mass is 19.1. The Morgan fingerprint density at radius 1 is 1.10 bits per heavy atom. The summed E-state index contributed by atoms with van der Waals surface area (Å²) in [6.07, 6.45) is 9.99. The Balaban J connectivity index is 1.60. The smallest absolute Gasteiger partial charge is 0.259 e. The molecule has 0 aliphatic carbocycles. The number of carbonyl (C=O) groups is 1. The zero-order chi connectivity index (χ0) is 20.2. The summed E-state index contributed by atoms with van der Waals surface area (Å²) in [7, 11) is 1.51. The molecule has 1 N–H and O–H groups in total. The van der Waals surface area contributed by atoms with Crippen molar-refractivity contribution in [2.75, 3.05) is 12.4 Å². The molecule has 4 aromatic rings. The van der Waals surface area contributed by atoms with Crippen molar-refractivity contribution >= 4 is 11.7 Å². The maximum Gasteiger partial charge on any atom is 0.259 e.